The first-order valence-electron chi connectivity index (χ1n) is 7.31. The summed E-state index contributed by atoms with van der Waals surface area (Å²) in [6.07, 6.45) is -4.62. The molecule has 0 saturated heterocycles. The second-order valence-corrected chi connectivity index (χ2v) is 7.11. The third-order valence-electron chi connectivity index (χ3n) is 3.45. The Balaban J connectivity index is 1.81. The number of non-ortho nitro benzene ring substituents is 1. The van der Waals surface area contributed by atoms with Crippen molar-refractivity contribution in [3.05, 3.63) is 68.2 Å². The van der Waals surface area contributed by atoms with Crippen LogP contribution in [0.1, 0.15) is 11.1 Å². The van der Waals surface area contributed by atoms with Gasteiger partial charge in [-0.2, -0.15) is 13.2 Å². The number of hydrogen-bond donors (Lipinski definition) is 0. The Labute approximate surface area is 163 Å². The summed E-state index contributed by atoms with van der Waals surface area (Å²) in [5, 5.41) is 18.6. The number of halogens is 4. The molecule has 0 aliphatic heterocycles. The predicted molar refractivity (Wildman–Crippen MR) is 95.1 cm³/mol. The van der Waals surface area contributed by atoms with E-state index in [0.717, 1.165) is 28.4 Å². The fourth-order valence-electron chi connectivity index (χ4n) is 2.21. The molecule has 0 N–H and O–H groups in total. The highest BCUT2D eigenvalue weighted by Crippen LogP contribution is 2.36. The molecular weight excluding hydrogens is 451 g/mol. The molecule has 6 nitrogen and oxygen atoms in total. The van der Waals surface area contributed by atoms with Crippen molar-refractivity contribution in [3.8, 4) is 11.5 Å². The lowest BCUT2D eigenvalue weighted by Gasteiger charge is -2.11. The first kappa shape index (κ1) is 19.4. The maximum atomic E-state index is 13.1. The van der Waals surface area contributed by atoms with Crippen molar-refractivity contribution in [1.82, 2.24) is 10.2 Å². The molecular formula is C16H9BrF3N3O3S. The lowest BCUT2D eigenvalue weighted by Crippen LogP contribution is -2.09. The number of alkyl halides is 3. The zero-order valence-corrected chi connectivity index (χ0v) is 15.6. The van der Waals surface area contributed by atoms with Crippen LogP contribution in [0.15, 0.2) is 56.6 Å². The summed E-state index contributed by atoms with van der Waals surface area (Å²) in [4.78, 5) is 10.1. The van der Waals surface area contributed by atoms with E-state index >= 15 is 0 Å². The third-order valence-corrected chi connectivity index (χ3v) is 4.85. The maximum Gasteiger partial charge on any atom is 0.416 e. The van der Waals surface area contributed by atoms with Gasteiger partial charge in [0.1, 0.15) is 0 Å². The second-order valence-electron chi connectivity index (χ2n) is 5.27. The number of thioether (sulfide) groups is 1. The monoisotopic (exact) mass is 459 g/mol. The molecule has 0 fully saturated rings. The van der Waals surface area contributed by atoms with Gasteiger partial charge in [0.15, 0.2) is 0 Å². The van der Waals surface area contributed by atoms with Crippen molar-refractivity contribution in [2.45, 2.75) is 17.2 Å². The van der Waals surface area contributed by atoms with E-state index in [0.29, 0.717) is 11.6 Å². The van der Waals surface area contributed by atoms with Gasteiger partial charge >= 0.3 is 6.18 Å². The predicted octanol–water partition coefficient (Wildman–Crippen LogP) is 5.72. The molecule has 3 aromatic rings. The Morgan fingerprint density at radius 1 is 1.15 bits per heavy atom. The second kappa shape index (κ2) is 7.69. The number of rotatable bonds is 5. The quantitative estimate of drug-likeness (QED) is 0.275. The molecule has 2 aromatic carbocycles. The average molecular weight is 460 g/mol. The standard InChI is InChI=1S/C16H9BrF3N3O3S/c17-11-3-1-9(2-4-11)14-21-22-15(26-14)27-8-10-7-12(23(24)25)5-6-13(10)16(18,19)20/h1-7H,8H2. The molecule has 140 valence electrons. The number of nitro groups is 1. The summed E-state index contributed by atoms with van der Waals surface area (Å²) >= 11 is 4.17. The first-order chi connectivity index (χ1) is 12.7. The van der Waals surface area contributed by atoms with E-state index in [1.165, 1.54) is 0 Å². The van der Waals surface area contributed by atoms with Crippen LogP contribution < -0.4 is 0 Å². The lowest BCUT2D eigenvalue weighted by atomic mass is 10.1. The fourth-order valence-corrected chi connectivity index (χ4v) is 3.22. The number of benzene rings is 2. The van der Waals surface area contributed by atoms with E-state index < -0.39 is 22.4 Å². The minimum atomic E-state index is -4.62. The van der Waals surface area contributed by atoms with E-state index in [9.17, 15) is 23.3 Å². The molecule has 3 rings (SSSR count). The molecule has 0 bridgehead atoms. The van der Waals surface area contributed by atoms with Crippen LogP contribution >= 0.6 is 27.7 Å². The van der Waals surface area contributed by atoms with E-state index in [-0.39, 0.29) is 22.4 Å². The molecule has 1 aromatic heterocycles. The minimum absolute atomic E-state index is 0.0625. The van der Waals surface area contributed by atoms with Crippen LogP contribution in [0.5, 0.6) is 0 Å². The molecule has 0 saturated carbocycles. The Bertz CT molecular complexity index is 977. The van der Waals surface area contributed by atoms with Crippen molar-refractivity contribution in [2.75, 3.05) is 0 Å². The van der Waals surface area contributed by atoms with Gasteiger partial charge in [0.25, 0.3) is 10.9 Å². The van der Waals surface area contributed by atoms with E-state index in [1.54, 1.807) is 24.3 Å². The maximum absolute atomic E-state index is 13.1. The molecule has 0 unspecified atom stereocenters. The zero-order chi connectivity index (χ0) is 19.6. The third kappa shape index (κ3) is 4.66. The lowest BCUT2D eigenvalue weighted by molar-refractivity contribution is -0.385. The first-order valence-corrected chi connectivity index (χ1v) is 9.08. The van der Waals surface area contributed by atoms with Crippen LogP contribution in [-0.4, -0.2) is 15.1 Å². The van der Waals surface area contributed by atoms with Gasteiger partial charge in [0.05, 0.1) is 10.5 Å². The largest absolute Gasteiger partial charge is 0.416 e. The van der Waals surface area contributed by atoms with Gasteiger partial charge in [-0.15, -0.1) is 10.2 Å². The van der Waals surface area contributed by atoms with E-state index in [2.05, 4.69) is 26.1 Å². The molecule has 0 radical (unpaired) electrons. The van der Waals surface area contributed by atoms with Crippen molar-refractivity contribution in [3.63, 3.8) is 0 Å². The van der Waals surface area contributed by atoms with Crippen molar-refractivity contribution in [1.29, 1.82) is 0 Å². The van der Waals surface area contributed by atoms with Gasteiger partial charge in [-0.05, 0) is 35.9 Å². The van der Waals surface area contributed by atoms with Crippen LogP contribution in [0.4, 0.5) is 18.9 Å². The molecule has 27 heavy (non-hydrogen) atoms. The summed E-state index contributed by atoms with van der Waals surface area (Å²) < 4.78 is 45.7. The minimum Gasteiger partial charge on any atom is -0.411 e. The summed E-state index contributed by atoms with van der Waals surface area (Å²) in [5.41, 5.74) is -0.929. The van der Waals surface area contributed by atoms with Crippen molar-refractivity contribution < 1.29 is 22.5 Å². The summed E-state index contributed by atoms with van der Waals surface area (Å²) in [6.45, 7) is 0. The van der Waals surface area contributed by atoms with E-state index in [4.69, 9.17) is 4.42 Å². The number of nitrogens with zero attached hydrogens (tertiary/aromatic N) is 3. The summed E-state index contributed by atoms with van der Waals surface area (Å²) in [6, 6.07) is 9.49. The van der Waals surface area contributed by atoms with Gasteiger partial charge < -0.3 is 4.42 Å². The Morgan fingerprint density at radius 2 is 1.85 bits per heavy atom. The van der Waals surface area contributed by atoms with Crippen molar-refractivity contribution in [2.24, 2.45) is 0 Å². The molecule has 0 amide bonds. The number of aromatic nitrogens is 2. The van der Waals surface area contributed by atoms with Crippen LogP contribution in [0, 0.1) is 10.1 Å². The average Bonchev–Trinajstić information content (AvgIpc) is 3.08. The molecule has 0 spiro atoms. The van der Waals surface area contributed by atoms with Gasteiger partial charge in [-0.3, -0.25) is 10.1 Å². The normalized spacial score (nSPS) is 11.6. The molecule has 0 aliphatic carbocycles. The van der Waals surface area contributed by atoms with Crippen molar-refractivity contribution >= 4 is 33.4 Å². The summed E-state index contributed by atoms with van der Waals surface area (Å²) in [7, 11) is 0. The van der Waals surface area contributed by atoms with Gasteiger partial charge in [0, 0.05) is 27.9 Å². The number of nitro benzene ring substituents is 1. The highest BCUT2D eigenvalue weighted by Gasteiger charge is 2.34. The van der Waals surface area contributed by atoms with Crippen LogP contribution in [-0.2, 0) is 11.9 Å². The molecule has 11 heteroatoms. The molecule has 1 heterocycles. The smallest absolute Gasteiger partial charge is 0.411 e. The topological polar surface area (TPSA) is 82.1 Å². The van der Waals surface area contributed by atoms with E-state index in [1.807, 2.05) is 0 Å². The van der Waals surface area contributed by atoms with Crippen LogP contribution in [0.3, 0.4) is 0 Å². The Kier molecular flexibility index (Phi) is 5.51. The van der Waals surface area contributed by atoms with Crippen LogP contribution in [0.2, 0.25) is 0 Å². The molecule has 0 aliphatic rings. The van der Waals surface area contributed by atoms with Gasteiger partial charge in [-0.1, -0.05) is 27.7 Å². The Hall–Kier alpha value is -2.40. The molecule has 0 atom stereocenters. The van der Waals surface area contributed by atoms with Crippen LogP contribution in [0.25, 0.3) is 11.5 Å². The highest BCUT2D eigenvalue weighted by atomic mass is 79.9. The SMILES string of the molecule is O=[N+]([O-])c1ccc(C(F)(F)F)c(CSc2nnc(-c3ccc(Br)cc3)o2)c1. The fraction of sp³-hybridized carbons (Fsp3) is 0.125. The summed E-state index contributed by atoms with van der Waals surface area (Å²) in [5.74, 6) is 0.0125. The van der Waals surface area contributed by atoms with Gasteiger partial charge in [0.2, 0.25) is 5.89 Å². The zero-order valence-electron chi connectivity index (χ0n) is 13.2. The number of hydrogen-bond acceptors (Lipinski definition) is 6. The highest BCUT2D eigenvalue weighted by molar-refractivity contribution is 9.10. The Morgan fingerprint density at radius 3 is 2.48 bits per heavy atom. The van der Waals surface area contributed by atoms with Gasteiger partial charge in [-0.25, -0.2) is 0 Å².